The maximum absolute atomic E-state index is 12.1. The predicted molar refractivity (Wildman–Crippen MR) is 134 cm³/mol. The summed E-state index contributed by atoms with van der Waals surface area (Å²) in [5.41, 5.74) is 3.05. The minimum absolute atomic E-state index is 0.0382. The molecule has 40 heavy (non-hydrogen) atoms. The van der Waals surface area contributed by atoms with E-state index in [0.29, 0.717) is 35.1 Å². The second-order valence-corrected chi connectivity index (χ2v) is 10.3. The van der Waals surface area contributed by atoms with E-state index < -0.39 is 22.0 Å². The van der Waals surface area contributed by atoms with Crippen molar-refractivity contribution in [1.82, 2.24) is 35.6 Å². The summed E-state index contributed by atoms with van der Waals surface area (Å²) in [5.74, 6) is -0.518. The fraction of sp³-hybridized carbons (Fsp3) is 0.167. The molecular weight excluding hydrogens is 555 g/mol. The number of imidazole rings is 1. The number of alkyl halides is 3. The van der Waals surface area contributed by atoms with Crippen molar-refractivity contribution in [3.05, 3.63) is 72.2 Å². The lowest BCUT2D eigenvalue weighted by atomic mass is 10.1. The van der Waals surface area contributed by atoms with Crippen LogP contribution in [0.3, 0.4) is 0 Å². The molecule has 16 heteroatoms. The Morgan fingerprint density at radius 1 is 1.10 bits per heavy atom. The molecule has 2 aromatic carbocycles. The highest BCUT2D eigenvalue weighted by molar-refractivity contribution is 7.91. The molecule has 0 aliphatic rings. The van der Waals surface area contributed by atoms with E-state index in [2.05, 4.69) is 35.6 Å². The Bertz CT molecular complexity index is 1710. The van der Waals surface area contributed by atoms with Crippen molar-refractivity contribution in [3.8, 4) is 23.0 Å². The predicted octanol–water partition coefficient (Wildman–Crippen LogP) is 3.95. The van der Waals surface area contributed by atoms with Crippen LogP contribution in [-0.2, 0) is 21.1 Å². The Labute approximate surface area is 224 Å². The van der Waals surface area contributed by atoms with Gasteiger partial charge < -0.3 is 14.8 Å². The molecule has 0 saturated heterocycles. The zero-order valence-corrected chi connectivity index (χ0v) is 21.4. The third-order valence-electron chi connectivity index (χ3n) is 5.34. The number of fused-ring (bicyclic) bond motifs is 1. The van der Waals surface area contributed by atoms with Crippen LogP contribution in [0, 0.1) is 0 Å². The van der Waals surface area contributed by atoms with Crippen LogP contribution in [-0.4, -0.2) is 67.0 Å². The third kappa shape index (κ3) is 6.76. The number of aliphatic carboxylic acids is 1. The van der Waals surface area contributed by atoms with Crippen LogP contribution in [0.15, 0.2) is 65.7 Å². The fourth-order valence-corrected chi connectivity index (χ4v) is 4.26. The fourth-order valence-electron chi connectivity index (χ4n) is 3.38. The van der Waals surface area contributed by atoms with Crippen molar-refractivity contribution < 1.29 is 36.2 Å². The molecule has 5 aromatic rings. The maximum atomic E-state index is 12.1. The second kappa shape index (κ2) is 11.5. The first kappa shape index (κ1) is 28.2. The lowest BCUT2D eigenvalue weighted by molar-refractivity contribution is -0.192. The Kier molecular flexibility index (Phi) is 8.08. The van der Waals surface area contributed by atoms with Crippen LogP contribution in [0.1, 0.15) is 18.3 Å². The number of carboxylic acids is 1. The molecule has 0 unspecified atom stereocenters. The van der Waals surface area contributed by atoms with Gasteiger partial charge in [0.05, 0.1) is 21.7 Å². The number of pyridine rings is 1. The number of nitrogens with one attached hydrogen (secondary N) is 2. The van der Waals surface area contributed by atoms with Crippen molar-refractivity contribution in [2.45, 2.75) is 24.4 Å². The number of rotatable bonds is 7. The van der Waals surface area contributed by atoms with E-state index in [1.54, 1.807) is 37.4 Å². The minimum Gasteiger partial charge on any atom is -0.475 e. The zero-order valence-electron chi connectivity index (χ0n) is 20.5. The van der Waals surface area contributed by atoms with Gasteiger partial charge in [-0.15, -0.1) is 10.2 Å². The lowest BCUT2D eigenvalue weighted by Crippen LogP contribution is -2.21. The van der Waals surface area contributed by atoms with Gasteiger partial charge in [-0.25, -0.2) is 18.2 Å². The first-order valence-electron chi connectivity index (χ1n) is 11.4. The summed E-state index contributed by atoms with van der Waals surface area (Å²) in [4.78, 5) is 21.4. The van der Waals surface area contributed by atoms with Gasteiger partial charge in [-0.3, -0.25) is 4.98 Å². The highest BCUT2D eigenvalue weighted by Crippen LogP contribution is 2.32. The zero-order chi connectivity index (χ0) is 28.9. The Morgan fingerprint density at radius 2 is 1.82 bits per heavy atom. The number of carboxylic acid groups (broad SMARTS) is 1. The summed E-state index contributed by atoms with van der Waals surface area (Å²) in [6, 6.07) is 15.7. The van der Waals surface area contributed by atoms with Crippen molar-refractivity contribution in [2.75, 3.05) is 5.75 Å². The van der Waals surface area contributed by atoms with Crippen molar-refractivity contribution in [3.63, 3.8) is 0 Å². The van der Waals surface area contributed by atoms with Crippen molar-refractivity contribution in [2.24, 2.45) is 0 Å². The number of hydrogen-bond acceptors (Lipinski definition) is 9. The molecule has 0 spiro atoms. The van der Waals surface area contributed by atoms with Crippen LogP contribution in [0.5, 0.6) is 11.5 Å². The Morgan fingerprint density at radius 3 is 2.40 bits per heavy atom. The maximum Gasteiger partial charge on any atom is 0.490 e. The first-order chi connectivity index (χ1) is 19.0. The van der Waals surface area contributed by atoms with E-state index in [9.17, 15) is 21.6 Å². The highest BCUT2D eigenvalue weighted by atomic mass is 32.2. The number of aromatic nitrogens is 7. The summed E-state index contributed by atoms with van der Waals surface area (Å²) in [6.07, 6.45) is -3.00. The lowest BCUT2D eigenvalue weighted by Gasteiger charge is -2.11. The molecule has 0 bridgehead atoms. The van der Waals surface area contributed by atoms with Crippen LogP contribution in [0.25, 0.3) is 22.6 Å². The van der Waals surface area contributed by atoms with Crippen LogP contribution in [0.4, 0.5) is 13.2 Å². The molecule has 0 aliphatic heterocycles. The molecule has 0 saturated carbocycles. The van der Waals surface area contributed by atoms with E-state index in [1.165, 1.54) is 0 Å². The van der Waals surface area contributed by atoms with Crippen molar-refractivity contribution >= 4 is 26.8 Å². The van der Waals surface area contributed by atoms with Gasteiger partial charge in [0.2, 0.25) is 0 Å². The molecule has 3 N–H and O–H groups in total. The second-order valence-electron chi connectivity index (χ2n) is 8.06. The number of ether oxygens (including phenoxy) is 1. The van der Waals surface area contributed by atoms with Gasteiger partial charge in [-0.1, -0.05) is 18.2 Å². The van der Waals surface area contributed by atoms with Crippen LogP contribution < -0.4 is 4.74 Å². The van der Waals surface area contributed by atoms with Gasteiger partial charge >= 0.3 is 12.1 Å². The average molecular weight is 576 g/mol. The molecule has 0 radical (unpaired) electrons. The van der Waals surface area contributed by atoms with Crippen LogP contribution >= 0.6 is 0 Å². The monoisotopic (exact) mass is 575 g/mol. The van der Waals surface area contributed by atoms with Gasteiger partial charge in [-0.05, 0) is 42.5 Å². The van der Waals surface area contributed by atoms with E-state index >= 15 is 0 Å². The quantitative estimate of drug-likeness (QED) is 0.257. The molecule has 3 heterocycles. The molecular formula is C24H20F3N7O5S. The number of carbonyl (C=O) groups is 1. The first-order valence-corrected chi connectivity index (χ1v) is 13.1. The Hall–Kier alpha value is -4.86. The molecule has 12 nitrogen and oxygen atoms in total. The summed E-state index contributed by atoms with van der Waals surface area (Å²) in [7, 11) is -3.29. The number of aromatic amines is 2. The number of benzene rings is 2. The number of halogens is 3. The number of H-pyrrole nitrogens is 2. The third-order valence-corrected chi connectivity index (χ3v) is 7.09. The van der Waals surface area contributed by atoms with Gasteiger partial charge in [0.15, 0.2) is 21.5 Å². The summed E-state index contributed by atoms with van der Waals surface area (Å²) in [6.45, 7) is 1.61. The van der Waals surface area contributed by atoms with Gasteiger partial charge in [0, 0.05) is 24.2 Å². The largest absolute Gasteiger partial charge is 0.490 e. The van der Waals surface area contributed by atoms with E-state index in [4.69, 9.17) is 14.6 Å². The highest BCUT2D eigenvalue weighted by Gasteiger charge is 2.38. The van der Waals surface area contributed by atoms with Gasteiger partial charge in [0.1, 0.15) is 17.2 Å². The number of sulfone groups is 1. The topological polar surface area (TPSA) is 177 Å². The van der Waals surface area contributed by atoms with Gasteiger partial charge in [-0.2, -0.15) is 18.4 Å². The SMILES string of the molecule is CCS(=O)(=O)c1ccc(Oc2cc3nc(-c4ccccn4)[nH]c3cc2Cc2nn[nH]n2)cc1.O=C(O)C(F)(F)F. The number of nitrogens with zero attached hydrogens (tertiary/aromatic N) is 5. The normalized spacial score (nSPS) is 11.6. The van der Waals surface area contributed by atoms with Crippen LogP contribution in [0.2, 0.25) is 0 Å². The summed E-state index contributed by atoms with van der Waals surface area (Å²) in [5, 5.41) is 21.3. The molecule has 0 atom stereocenters. The van der Waals surface area contributed by atoms with Gasteiger partial charge in [0.25, 0.3) is 0 Å². The minimum atomic E-state index is -5.08. The molecule has 0 aliphatic carbocycles. The van der Waals surface area contributed by atoms with E-state index in [0.717, 1.165) is 16.8 Å². The van der Waals surface area contributed by atoms with E-state index in [-0.39, 0.29) is 10.6 Å². The summed E-state index contributed by atoms with van der Waals surface area (Å²) < 4.78 is 62.0. The Balaban J connectivity index is 0.000000470. The summed E-state index contributed by atoms with van der Waals surface area (Å²) >= 11 is 0. The number of tetrazole rings is 1. The smallest absolute Gasteiger partial charge is 0.475 e. The number of hydrogen-bond donors (Lipinski definition) is 3. The molecule has 0 fully saturated rings. The average Bonchev–Trinajstić information content (AvgIpc) is 3.59. The van der Waals surface area contributed by atoms with Crippen molar-refractivity contribution in [1.29, 1.82) is 0 Å². The van der Waals surface area contributed by atoms with E-state index in [1.807, 2.05) is 30.3 Å². The standard InChI is InChI=1S/C22H19N7O3S.C2HF3O2/c1-2-33(30,31)16-8-6-15(7-9-16)32-20-13-19-18(11-14(20)12-21-26-28-29-27-21)24-22(25-19)17-5-3-4-10-23-17;3-2(4,5)1(6)7/h3-11,13H,2,12H2,1H3,(H,24,25)(H,26,27,28,29);(H,6,7). The molecule has 5 rings (SSSR count). The molecule has 3 aromatic heterocycles. The molecule has 0 amide bonds. The molecule has 208 valence electrons.